The van der Waals surface area contributed by atoms with Crippen LogP contribution in [0.4, 0.5) is 0 Å². The SMILES string of the molecule is CCc1ccccc1C(=O)C(C#N)c1c(Cl)cccc1Cl. The van der Waals surface area contributed by atoms with E-state index >= 15 is 0 Å². The van der Waals surface area contributed by atoms with E-state index < -0.39 is 5.92 Å². The highest BCUT2D eigenvalue weighted by molar-refractivity contribution is 6.36. The summed E-state index contributed by atoms with van der Waals surface area (Å²) in [5, 5.41) is 10.1. The van der Waals surface area contributed by atoms with Crippen LogP contribution < -0.4 is 0 Å². The number of halogens is 2. The Morgan fingerprint density at radius 1 is 1.14 bits per heavy atom. The van der Waals surface area contributed by atoms with Gasteiger partial charge in [-0.1, -0.05) is 60.5 Å². The summed E-state index contributed by atoms with van der Waals surface area (Å²) in [4.78, 5) is 12.7. The molecule has 0 bridgehead atoms. The Kier molecular flexibility index (Phi) is 5.01. The molecule has 2 nitrogen and oxygen atoms in total. The van der Waals surface area contributed by atoms with Crippen LogP contribution in [0.15, 0.2) is 42.5 Å². The first-order valence-corrected chi connectivity index (χ1v) is 7.31. The Morgan fingerprint density at radius 3 is 2.33 bits per heavy atom. The Balaban J connectivity index is 2.52. The van der Waals surface area contributed by atoms with Crippen molar-refractivity contribution in [1.82, 2.24) is 0 Å². The van der Waals surface area contributed by atoms with Gasteiger partial charge in [-0.2, -0.15) is 5.26 Å². The maximum Gasteiger partial charge on any atom is 0.184 e. The molecule has 0 aliphatic heterocycles. The first-order valence-electron chi connectivity index (χ1n) is 6.55. The number of benzene rings is 2. The summed E-state index contributed by atoms with van der Waals surface area (Å²) in [5.74, 6) is -1.27. The van der Waals surface area contributed by atoms with Crippen LogP contribution in [0.2, 0.25) is 10.0 Å². The van der Waals surface area contributed by atoms with Gasteiger partial charge < -0.3 is 0 Å². The lowest BCUT2D eigenvalue weighted by atomic mass is 9.89. The molecule has 4 heteroatoms. The van der Waals surface area contributed by atoms with Crippen molar-refractivity contribution < 1.29 is 4.79 Å². The number of hydrogen-bond donors (Lipinski definition) is 0. The van der Waals surface area contributed by atoms with E-state index in [9.17, 15) is 10.1 Å². The molecule has 106 valence electrons. The monoisotopic (exact) mass is 317 g/mol. The Labute approximate surface area is 133 Å². The Morgan fingerprint density at radius 2 is 1.76 bits per heavy atom. The predicted molar refractivity (Wildman–Crippen MR) is 85.0 cm³/mol. The summed E-state index contributed by atoms with van der Waals surface area (Å²) in [5.41, 5.74) is 1.83. The summed E-state index contributed by atoms with van der Waals surface area (Å²) in [6, 6.07) is 14.3. The normalized spacial score (nSPS) is 11.7. The zero-order chi connectivity index (χ0) is 15.4. The van der Waals surface area contributed by atoms with E-state index in [4.69, 9.17) is 23.2 Å². The number of carbonyl (C=O) groups is 1. The standard InChI is InChI=1S/C17H13Cl2NO/c1-2-11-6-3-4-7-12(11)17(21)13(10-20)16-14(18)8-5-9-15(16)19/h3-9,13H,2H2,1H3. The predicted octanol–water partition coefficient (Wildman–Crippen LogP) is 5.05. The van der Waals surface area contributed by atoms with Gasteiger partial charge in [-0.3, -0.25) is 4.79 Å². The molecular formula is C17H13Cl2NO. The number of rotatable bonds is 4. The van der Waals surface area contributed by atoms with Crippen molar-refractivity contribution in [2.75, 3.05) is 0 Å². The minimum absolute atomic E-state index is 0.273. The van der Waals surface area contributed by atoms with Crippen molar-refractivity contribution in [3.05, 3.63) is 69.2 Å². The topological polar surface area (TPSA) is 40.9 Å². The summed E-state index contributed by atoms with van der Waals surface area (Å²) in [7, 11) is 0. The highest BCUT2D eigenvalue weighted by Gasteiger charge is 2.27. The minimum atomic E-state index is -1.00. The van der Waals surface area contributed by atoms with Crippen molar-refractivity contribution in [2.45, 2.75) is 19.3 Å². The first-order chi connectivity index (χ1) is 10.1. The molecule has 0 radical (unpaired) electrons. The largest absolute Gasteiger partial charge is 0.292 e. The smallest absolute Gasteiger partial charge is 0.184 e. The number of Topliss-reactive ketones (excluding diaryl/α,β-unsaturated/α-hetero) is 1. The summed E-state index contributed by atoms with van der Waals surface area (Å²) >= 11 is 12.2. The van der Waals surface area contributed by atoms with Crippen LogP contribution in [0.3, 0.4) is 0 Å². The second-order valence-electron chi connectivity index (χ2n) is 4.57. The summed E-state index contributed by atoms with van der Waals surface area (Å²) < 4.78 is 0. The van der Waals surface area contributed by atoms with Gasteiger partial charge in [0, 0.05) is 21.2 Å². The van der Waals surface area contributed by atoms with Gasteiger partial charge in [0.1, 0.15) is 5.92 Å². The molecule has 21 heavy (non-hydrogen) atoms. The Hall–Kier alpha value is -1.82. The van der Waals surface area contributed by atoms with E-state index in [1.807, 2.05) is 25.1 Å². The molecule has 0 spiro atoms. The van der Waals surface area contributed by atoms with Crippen LogP contribution in [0.5, 0.6) is 0 Å². The van der Waals surface area contributed by atoms with Gasteiger partial charge in [0.05, 0.1) is 6.07 Å². The van der Waals surface area contributed by atoms with Crippen LogP contribution >= 0.6 is 23.2 Å². The molecule has 0 aromatic heterocycles. The van der Waals surface area contributed by atoms with Gasteiger partial charge in [-0.05, 0) is 24.1 Å². The molecule has 2 aromatic rings. The van der Waals surface area contributed by atoms with Crippen molar-refractivity contribution in [2.24, 2.45) is 0 Å². The van der Waals surface area contributed by atoms with Gasteiger partial charge in [0.15, 0.2) is 5.78 Å². The van der Waals surface area contributed by atoms with Gasteiger partial charge in [0.25, 0.3) is 0 Å². The number of hydrogen-bond acceptors (Lipinski definition) is 2. The van der Waals surface area contributed by atoms with Crippen molar-refractivity contribution in [1.29, 1.82) is 5.26 Å². The third-order valence-corrected chi connectivity index (χ3v) is 4.00. The molecule has 0 heterocycles. The number of nitrogens with zero attached hydrogens (tertiary/aromatic N) is 1. The summed E-state index contributed by atoms with van der Waals surface area (Å²) in [6.07, 6.45) is 0.719. The Bertz CT molecular complexity index is 699. The number of aryl methyl sites for hydroxylation is 1. The van der Waals surface area contributed by atoms with Crippen molar-refractivity contribution >= 4 is 29.0 Å². The van der Waals surface area contributed by atoms with E-state index in [-0.39, 0.29) is 5.78 Å². The van der Waals surface area contributed by atoms with Crippen LogP contribution in [0.25, 0.3) is 0 Å². The third-order valence-electron chi connectivity index (χ3n) is 3.34. The zero-order valence-electron chi connectivity index (χ0n) is 11.4. The molecular weight excluding hydrogens is 305 g/mol. The average Bonchev–Trinajstić information content (AvgIpc) is 2.50. The van der Waals surface area contributed by atoms with Gasteiger partial charge in [0.2, 0.25) is 0 Å². The fourth-order valence-corrected chi connectivity index (χ4v) is 2.88. The molecule has 0 saturated carbocycles. The van der Waals surface area contributed by atoms with E-state index in [0.717, 1.165) is 12.0 Å². The van der Waals surface area contributed by atoms with E-state index in [0.29, 0.717) is 21.2 Å². The molecule has 0 saturated heterocycles. The maximum absolute atomic E-state index is 12.7. The molecule has 0 amide bonds. The van der Waals surface area contributed by atoms with E-state index in [2.05, 4.69) is 0 Å². The van der Waals surface area contributed by atoms with Gasteiger partial charge in [-0.15, -0.1) is 0 Å². The molecule has 2 aromatic carbocycles. The van der Waals surface area contributed by atoms with Crippen LogP contribution in [0, 0.1) is 11.3 Å². The third kappa shape index (κ3) is 3.10. The molecule has 1 atom stereocenters. The highest BCUT2D eigenvalue weighted by Crippen LogP contribution is 2.33. The molecule has 1 unspecified atom stereocenters. The number of carbonyl (C=O) groups excluding carboxylic acids is 1. The van der Waals surface area contributed by atoms with E-state index in [1.54, 1.807) is 30.3 Å². The van der Waals surface area contributed by atoms with E-state index in [1.165, 1.54) is 0 Å². The maximum atomic E-state index is 12.7. The second-order valence-corrected chi connectivity index (χ2v) is 5.39. The lowest BCUT2D eigenvalue weighted by Crippen LogP contribution is -2.14. The molecule has 0 fully saturated rings. The minimum Gasteiger partial charge on any atom is -0.292 e. The van der Waals surface area contributed by atoms with Gasteiger partial charge in [-0.25, -0.2) is 0 Å². The lowest BCUT2D eigenvalue weighted by molar-refractivity contribution is 0.0978. The quantitative estimate of drug-likeness (QED) is 0.741. The zero-order valence-corrected chi connectivity index (χ0v) is 12.9. The van der Waals surface area contributed by atoms with Crippen molar-refractivity contribution in [3.63, 3.8) is 0 Å². The number of ketones is 1. The second kappa shape index (κ2) is 6.76. The highest BCUT2D eigenvalue weighted by atomic mass is 35.5. The fraction of sp³-hybridized carbons (Fsp3) is 0.176. The number of nitriles is 1. The molecule has 0 N–H and O–H groups in total. The summed E-state index contributed by atoms with van der Waals surface area (Å²) in [6.45, 7) is 1.97. The lowest BCUT2D eigenvalue weighted by Gasteiger charge is -2.14. The van der Waals surface area contributed by atoms with Crippen LogP contribution in [0.1, 0.15) is 34.3 Å². The molecule has 0 aliphatic rings. The molecule has 2 rings (SSSR count). The van der Waals surface area contributed by atoms with Gasteiger partial charge >= 0.3 is 0 Å². The fourth-order valence-electron chi connectivity index (χ4n) is 2.27. The van der Waals surface area contributed by atoms with Crippen LogP contribution in [-0.2, 0) is 6.42 Å². The van der Waals surface area contributed by atoms with Crippen molar-refractivity contribution in [3.8, 4) is 6.07 Å². The average molecular weight is 318 g/mol. The first kappa shape index (κ1) is 15.6. The van der Waals surface area contributed by atoms with Crippen LogP contribution in [-0.4, -0.2) is 5.78 Å². The molecule has 0 aliphatic carbocycles.